The van der Waals surface area contributed by atoms with Crippen molar-refractivity contribution in [1.29, 1.82) is 0 Å². The molecule has 0 spiro atoms. The summed E-state index contributed by atoms with van der Waals surface area (Å²) < 4.78 is 11.9. The molecule has 5 nitrogen and oxygen atoms in total. The number of nitrogens with one attached hydrogen (secondary N) is 1. The number of aromatic nitrogens is 1. The summed E-state index contributed by atoms with van der Waals surface area (Å²) in [5, 5.41) is 4.68. The summed E-state index contributed by atoms with van der Waals surface area (Å²) in [6.45, 7) is 0.989. The number of amides is 1. The molecule has 2 heterocycles. The number of unbranched alkanes of at least 4 members (excludes halogenated alkanes) is 3. The van der Waals surface area contributed by atoms with Crippen LogP contribution in [-0.2, 0) is 6.61 Å². The Morgan fingerprint density at radius 3 is 2.70 bits per heavy atom. The molecule has 30 heavy (non-hydrogen) atoms. The number of nitrogens with zero attached hydrogens (tertiary/aromatic N) is 1. The van der Waals surface area contributed by atoms with E-state index in [1.54, 1.807) is 24.5 Å². The van der Waals surface area contributed by atoms with Crippen molar-refractivity contribution in [2.45, 2.75) is 32.3 Å². The van der Waals surface area contributed by atoms with Crippen LogP contribution in [0.2, 0.25) is 0 Å². The quantitative estimate of drug-likeness (QED) is 0.268. The van der Waals surface area contributed by atoms with Gasteiger partial charge in [0, 0.05) is 17.6 Å². The topological polar surface area (TPSA) is 60.5 Å². The Labute approximate surface area is 186 Å². The maximum absolute atomic E-state index is 12.6. The van der Waals surface area contributed by atoms with Crippen molar-refractivity contribution >= 4 is 34.5 Å². The number of ether oxygens (including phenoxy) is 2. The van der Waals surface area contributed by atoms with Gasteiger partial charge < -0.3 is 14.8 Å². The first-order valence-electron chi connectivity index (χ1n) is 9.96. The lowest BCUT2D eigenvalue weighted by molar-refractivity contribution is 0.102. The summed E-state index contributed by atoms with van der Waals surface area (Å²) in [4.78, 5) is 17.1. The fourth-order valence-electron chi connectivity index (χ4n) is 2.85. The summed E-state index contributed by atoms with van der Waals surface area (Å²) in [6.07, 6.45) is 7.54. The monoisotopic (exact) mass is 444 g/mol. The van der Waals surface area contributed by atoms with E-state index in [4.69, 9.17) is 21.1 Å². The molecule has 0 saturated heterocycles. The standard InChI is InChI=1S/C23H25ClN2O3S/c24-12-5-1-2-6-14-28-20-10-4-3-8-18(20)17-29-21-11-15-30-22(21)23(27)26-19-9-7-13-25-16-19/h3-4,7-11,13,15-16H,1-2,5-6,12,14,17H2,(H,26,27). The van der Waals surface area contributed by atoms with Gasteiger partial charge in [-0.05, 0) is 42.5 Å². The molecule has 0 aliphatic carbocycles. The van der Waals surface area contributed by atoms with Crippen LogP contribution in [0.1, 0.15) is 40.9 Å². The summed E-state index contributed by atoms with van der Waals surface area (Å²) in [5.41, 5.74) is 1.59. The van der Waals surface area contributed by atoms with E-state index < -0.39 is 0 Å². The van der Waals surface area contributed by atoms with Crippen molar-refractivity contribution in [2.24, 2.45) is 0 Å². The molecule has 0 fully saturated rings. The average molecular weight is 445 g/mol. The molecule has 158 valence electrons. The zero-order valence-corrected chi connectivity index (χ0v) is 18.3. The molecule has 0 atom stereocenters. The van der Waals surface area contributed by atoms with Crippen molar-refractivity contribution in [3.05, 3.63) is 70.7 Å². The van der Waals surface area contributed by atoms with Gasteiger partial charge >= 0.3 is 0 Å². The smallest absolute Gasteiger partial charge is 0.269 e. The molecule has 3 rings (SSSR count). The molecule has 7 heteroatoms. The van der Waals surface area contributed by atoms with Crippen LogP contribution in [0, 0.1) is 0 Å². The molecule has 0 unspecified atom stereocenters. The fourth-order valence-corrected chi connectivity index (χ4v) is 3.77. The number of rotatable bonds is 12. The molecule has 0 saturated carbocycles. The van der Waals surface area contributed by atoms with Crippen LogP contribution in [0.5, 0.6) is 11.5 Å². The van der Waals surface area contributed by atoms with Crippen LogP contribution in [-0.4, -0.2) is 23.4 Å². The molecule has 1 aromatic carbocycles. The third kappa shape index (κ3) is 6.75. The molecule has 1 N–H and O–H groups in total. The highest BCUT2D eigenvalue weighted by molar-refractivity contribution is 7.12. The van der Waals surface area contributed by atoms with Crippen molar-refractivity contribution in [3.8, 4) is 11.5 Å². The minimum Gasteiger partial charge on any atom is -0.493 e. The summed E-state index contributed by atoms with van der Waals surface area (Å²) in [6, 6.07) is 13.2. The van der Waals surface area contributed by atoms with Gasteiger partial charge in [-0.1, -0.05) is 31.0 Å². The van der Waals surface area contributed by atoms with E-state index in [0.717, 1.165) is 37.0 Å². The van der Waals surface area contributed by atoms with Crippen LogP contribution < -0.4 is 14.8 Å². The molecule has 1 amide bonds. The van der Waals surface area contributed by atoms with Gasteiger partial charge in [-0.2, -0.15) is 0 Å². The van der Waals surface area contributed by atoms with Gasteiger partial charge in [-0.3, -0.25) is 9.78 Å². The van der Waals surface area contributed by atoms with Crippen LogP contribution >= 0.6 is 22.9 Å². The SMILES string of the molecule is O=C(Nc1cccnc1)c1sccc1OCc1ccccc1OCCCCCCCl. The minimum atomic E-state index is -0.213. The first kappa shape index (κ1) is 22.1. The number of anilines is 1. The summed E-state index contributed by atoms with van der Waals surface area (Å²) in [5.74, 6) is 1.87. The lowest BCUT2D eigenvalue weighted by Gasteiger charge is -2.13. The van der Waals surface area contributed by atoms with E-state index in [0.29, 0.717) is 35.4 Å². The van der Waals surface area contributed by atoms with E-state index in [1.807, 2.05) is 35.7 Å². The third-order valence-electron chi connectivity index (χ3n) is 4.40. The molecule has 3 aromatic rings. The lowest BCUT2D eigenvalue weighted by Crippen LogP contribution is -2.12. The zero-order chi connectivity index (χ0) is 21.0. The van der Waals surface area contributed by atoms with Gasteiger partial charge in [-0.25, -0.2) is 0 Å². The number of carbonyl (C=O) groups is 1. The number of hydrogen-bond acceptors (Lipinski definition) is 5. The van der Waals surface area contributed by atoms with E-state index in [1.165, 1.54) is 11.3 Å². The summed E-state index contributed by atoms with van der Waals surface area (Å²) >= 11 is 7.05. The number of alkyl halides is 1. The number of carbonyl (C=O) groups excluding carboxylic acids is 1. The number of thiophene rings is 1. The zero-order valence-electron chi connectivity index (χ0n) is 16.7. The second-order valence-electron chi connectivity index (χ2n) is 6.66. The highest BCUT2D eigenvalue weighted by Crippen LogP contribution is 2.28. The highest BCUT2D eigenvalue weighted by atomic mass is 35.5. The molecule has 0 aliphatic heterocycles. The second kappa shape index (κ2) is 12.2. The van der Waals surface area contributed by atoms with E-state index in [9.17, 15) is 4.79 Å². The molecule has 2 aromatic heterocycles. The number of hydrogen-bond donors (Lipinski definition) is 1. The highest BCUT2D eigenvalue weighted by Gasteiger charge is 2.15. The van der Waals surface area contributed by atoms with Crippen molar-refractivity contribution in [1.82, 2.24) is 4.98 Å². The second-order valence-corrected chi connectivity index (χ2v) is 7.95. The molecular weight excluding hydrogens is 420 g/mol. The fraction of sp³-hybridized carbons (Fsp3) is 0.304. The lowest BCUT2D eigenvalue weighted by atomic mass is 10.2. The van der Waals surface area contributed by atoms with Gasteiger partial charge in [0.15, 0.2) is 0 Å². The van der Waals surface area contributed by atoms with Crippen molar-refractivity contribution in [2.75, 3.05) is 17.8 Å². The number of benzene rings is 1. The Balaban J connectivity index is 1.55. The Morgan fingerprint density at radius 1 is 1.00 bits per heavy atom. The maximum atomic E-state index is 12.6. The van der Waals surface area contributed by atoms with Gasteiger partial charge in [0.25, 0.3) is 5.91 Å². The first-order chi connectivity index (χ1) is 14.8. The van der Waals surface area contributed by atoms with Crippen molar-refractivity contribution in [3.63, 3.8) is 0 Å². The van der Waals surface area contributed by atoms with Crippen LogP contribution in [0.25, 0.3) is 0 Å². The molecule has 0 aliphatic rings. The number of pyridine rings is 1. The summed E-state index contributed by atoms with van der Waals surface area (Å²) in [7, 11) is 0. The first-order valence-corrected chi connectivity index (χ1v) is 11.4. The molecule has 0 bridgehead atoms. The van der Waals surface area contributed by atoms with E-state index >= 15 is 0 Å². The Bertz CT molecular complexity index is 918. The van der Waals surface area contributed by atoms with Crippen LogP contribution in [0.4, 0.5) is 5.69 Å². The van der Waals surface area contributed by atoms with Gasteiger partial charge in [0.05, 0.1) is 18.5 Å². The maximum Gasteiger partial charge on any atom is 0.269 e. The molecular formula is C23H25ClN2O3S. The average Bonchev–Trinajstić information content (AvgIpc) is 3.25. The van der Waals surface area contributed by atoms with E-state index in [2.05, 4.69) is 10.3 Å². The number of halogens is 1. The normalized spacial score (nSPS) is 10.6. The van der Waals surface area contributed by atoms with Crippen LogP contribution in [0.15, 0.2) is 60.2 Å². The third-order valence-corrected chi connectivity index (χ3v) is 5.56. The van der Waals surface area contributed by atoms with Gasteiger partial charge in [-0.15, -0.1) is 22.9 Å². The van der Waals surface area contributed by atoms with Crippen molar-refractivity contribution < 1.29 is 14.3 Å². The van der Waals surface area contributed by atoms with E-state index in [-0.39, 0.29) is 5.91 Å². The minimum absolute atomic E-state index is 0.213. The number of para-hydroxylation sites is 1. The Kier molecular flexibility index (Phi) is 9.00. The van der Waals surface area contributed by atoms with Crippen LogP contribution in [0.3, 0.4) is 0 Å². The van der Waals surface area contributed by atoms with Gasteiger partial charge in [0.2, 0.25) is 0 Å². The predicted octanol–water partition coefficient (Wildman–Crippen LogP) is 6.15. The largest absolute Gasteiger partial charge is 0.493 e. The Morgan fingerprint density at radius 2 is 1.87 bits per heavy atom. The Hall–Kier alpha value is -2.57. The predicted molar refractivity (Wildman–Crippen MR) is 122 cm³/mol. The van der Waals surface area contributed by atoms with Gasteiger partial charge in [0.1, 0.15) is 23.0 Å². The molecule has 0 radical (unpaired) electrons.